The van der Waals surface area contributed by atoms with Gasteiger partial charge in [-0.3, -0.25) is 0 Å². The lowest BCUT2D eigenvalue weighted by Crippen LogP contribution is -3.04. The average molecular weight is 294 g/mol. The van der Waals surface area contributed by atoms with Gasteiger partial charge in [0.1, 0.15) is 5.75 Å². The molecule has 0 radical (unpaired) electrons. The van der Waals surface area contributed by atoms with Crippen LogP contribution in [0.15, 0.2) is 54.7 Å². The van der Waals surface area contributed by atoms with Crippen LogP contribution in [0.25, 0.3) is 21.9 Å². The molecule has 0 aliphatic carbocycles. The van der Waals surface area contributed by atoms with Crippen molar-refractivity contribution in [1.29, 1.82) is 0 Å². The summed E-state index contributed by atoms with van der Waals surface area (Å²) in [6.07, 6.45) is 2.08. The molecule has 2 aromatic carbocycles. The number of H-pyrrole nitrogens is 1. The van der Waals surface area contributed by atoms with Gasteiger partial charge in [-0.2, -0.15) is 0 Å². The number of methoxy groups -OCH3 is 1. The lowest BCUT2D eigenvalue weighted by Gasteiger charge is -2.11. The van der Waals surface area contributed by atoms with E-state index < -0.39 is 0 Å². The van der Waals surface area contributed by atoms with Gasteiger partial charge in [0.15, 0.2) is 12.7 Å². The van der Waals surface area contributed by atoms with E-state index in [1.165, 1.54) is 32.5 Å². The largest absolute Gasteiger partial charge is 0.497 e. The van der Waals surface area contributed by atoms with E-state index >= 15 is 0 Å². The lowest BCUT2D eigenvalue weighted by molar-refractivity contribution is -0.877. The fourth-order valence-corrected chi connectivity index (χ4v) is 2.83. The SMILES string of the molecule is COc1ccc2c[nH+]c(C[NH+](C)C)c(-c3ccccc3)c2c1. The Morgan fingerprint density at radius 3 is 2.50 bits per heavy atom. The highest BCUT2D eigenvalue weighted by molar-refractivity contribution is 5.97. The minimum Gasteiger partial charge on any atom is -0.497 e. The van der Waals surface area contributed by atoms with Crippen molar-refractivity contribution >= 4 is 10.8 Å². The highest BCUT2D eigenvalue weighted by Gasteiger charge is 2.19. The van der Waals surface area contributed by atoms with Crippen molar-refractivity contribution in [3.8, 4) is 16.9 Å². The maximum Gasteiger partial charge on any atom is 0.243 e. The molecule has 2 N–H and O–H groups in total. The van der Waals surface area contributed by atoms with Gasteiger partial charge in [-0.15, -0.1) is 0 Å². The topological polar surface area (TPSA) is 27.8 Å². The summed E-state index contributed by atoms with van der Waals surface area (Å²) in [5.74, 6) is 0.888. The van der Waals surface area contributed by atoms with Crippen LogP contribution in [0, 0.1) is 0 Å². The molecule has 0 spiro atoms. The zero-order valence-corrected chi connectivity index (χ0v) is 13.3. The van der Waals surface area contributed by atoms with Crippen LogP contribution in [0.5, 0.6) is 5.75 Å². The van der Waals surface area contributed by atoms with Crippen LogP contribution in [0.1, 0.15) is 5.69 Å². The second-order valence-corrected chi connectivity index (χ2v) is 5.85. The van der Waals surface area contributed by atoms with Crippen LogP contribution >= 0.6 is 0 Å². The number of aromatic nitrogens is 1. The molecule has 0 saturated carbocycles. The molecule has 0 aliphatic rings. The van der Waals surface area contributed by atoms with Gasteiger partial charge < -0.3 is 9.64 Å². The number of nitrogens with one attached hydrogen (secondary N) is 2. The van der Waals surface area contributed by atoms with Gasteiger partial charge in [0.2, 0.25) is 5.69 Å². The summed E-state index contributed by atoms with van der Waals surface area (Å²) in [5.41, 5.74) is 3.74. The molecule has 112 valence electrons. The molecular weight excluding hydrogens is 272 g/mol. The molecular formula is C19H22N2O+2. The highest BCUT2D eigenvalue weighted by Crippen LogP contribution is 2.31. The first kappa shape index (κ1) is 14.5. The van der Waals surface area contributed by atoms with Gasteiger partial charge in [0.25, 0.3) is 0 Å². The first-order valence-corrected chi connectivity index (χ1v) is 7.55. The predicted octanol–water partition coefficient (Wildman–Crippen LogP) is 1.97. The Bertz CT molecular complexity index is 782. The molecule has 3 nitrogen and oxygen atoms in total. The van der Waals surface area contributed by atoms with Crippen molar-refractivity contribution in [2.75, 3.05) is 21.2 Å². The maximum absolute atomic E-state index is 5.42. The number of rotatable bonds is 4. The predicted molar refractivity (Wildman–Crippen MR) is 89.0 cm³/mol. The standard InChI is InChI=1S/C19H20N2O/c1-21(2)13-18-19(14-7-5-4-6-8-14)17-11-16(22-3)10-9-15(17)12-20-18/h4-12H,13H2,1-3H3/p+2. The first-order chi connectivity index (χ1) is 10.7. The normalized spacial score (nSPS) is 11.1. The summed E-state index contributed by atoms with van der Waals surface area (Å²) in [6, 6.07) is 16.8. The van der Waals surface area contributed by atoms with E-state index in [2.05, 4.69) is 67.7 Å². The molecule has 0 amide bonds. The number of benzene rings is 2. The molecule has 0 saturated heterocycles. The number of hydrogen-bond acceptors (Lipinski definition) is 1. The molecule has 3 rings (SSSR count). The Morgan fingerprint density at radius 2 is 1.82 bits per heavy atom. The second kappa shape index (κ2) is 6.16. The molecule has 1 heterocycles. The van der Waals surface area contributed by atoms with Crippen LogP contribution < -0.4 is 14.6 Å². The van der Waals surface area contributed by atoms with Crippen molar-refractivity contribution in [2.45, 2.75) is 6.54 Å². The van der Waals surface area contributed by atoms with E-state index in [0.717, 1.165) is 12.3 Å². The van der Waals surface area contributed by atoms with Crippen molar-refractivity contribution in [2.24, 2.45) is 0 Å². The van der Waals surface area contributed by atoms with E-state index in [0.29, 0.717) is 0 Å². The number of quaternary nitrogens is 1. The lowest BCUT2D eigenvalue weighted by atomic mass is 9.97. The van der Waals surface area contributed by atoms with Crippen molar-refractivity contribution in [1.82, 2.24) is 0 Å². The molecule has 0 bridgehead atoms. The van der Waals surface area contributed by atoms with Crippen LogP contribution in [-0.2, 0) is 6.54 Å². The van der Waals surface area contributed by atoms with Gasteiger partial charge in [-0.05, 0) is 23.8 Å². The maximum atomic E-state index is 5.42. The number of pyridine rings is 1. The fraction of sp³-hybridized carbons (Fsp3) is 0.211. The third-order valence-corrected chi connectivity index (χ3v) is 3.83. The van der Waals surface area contributed by atoms with E-state index in [-0.39, 0.29) is 0 Å². The molecule has 22 heavy (non-hydrogen) atoms. The summed E-state index contributed by atoms with van der Waals surface area (Å²) in [5, 5.41) is 2.41. The first-order valence-electron chi connectivity index (χ1n) is 7.55. The fourth-order valence-electron chi connectivity index (χ4n) is 2.83. The van der Waals surface area contributed by atoms with E-state index in [4.69, 9.17) is 4.74 Å². The number of hydrogen-bond donors (Lipinski definition) is 1. The van der Waals surface area contributed by atoms with E-state index in [1.54, 1.807) is 7.11 Å². The zero-order chi connectivity index (χ0) is 15.5. The molecule has 0 fully saturated rings. The Balaban J connectivity index is 2.30. The van der Waals surface area contributed by atoms with Crippen LogP contribution in [0.3, 0.4) is 0 Å². The Labute approximate surface area is 131 Å². The number of aromatic amines is 1. The van der Waals surface area contributed by atoms with Crippen LogP contribution in [-0.4, -0.2) is 21.2 Å². The van der Waals surface area contributed by atoms with E-state index in [1.807, 2.05) is 6.07 Å². The van der Waals surface area contributed by atoms with Crippen molar-refractivity contribution in [3.63, 3.8) is 0 Å². The Hall–Kier alpha value is -2.39. The second-order valence-electron chi connectivity index (χ2n) is 5.85. The highest BCUT2D eigenvalue weighted by atomic mass is 16.5. The van der Waals surface area contributed by atoms with Gasteiger partial charge in [-0.25, -0.2) is 4.98 Å². The van der Waals surface area contributed by atoms with Crippen LogP contribution in [0.4, 0.5) is 0 Å². The number of ether oxygens (including phenoxy) is 1. The molecule has 3 heteroatoms. The summed E-state index contributed by atoms with van der Waals surface area (Å²) in [7, 11) is 6.04. The van der Waals surface area contributed by atoms with E-state index in [9.17, 15) is 0 Å². The van der Waals surface area contributed by atoms with Gasteiger partial charge in [0.05, 0.1) is 26.8 Å². The van der Waals surface area contributed by atoms with Gasteiger partial charge in [-0.1, -0.05) is 30.3 Å². The van der Waals surface area contributed by atoms with Crippen molar-refractivity contribution < 1.29 is 14.6 Å². The van der Waals surface area contributed by atoms with Gasteiger partial charge in [0, 0.05) is 10.8 Å². The average Bonchev–Trinajstić information content (AvgIpc) is 2.54. The summed E-state index contributed by atoms with van der Waals surface area (Å²) >= 11 is 0. The van der Waals surface area contributed by atoms with Gasteiger partial charge >= 0.3 is 0 Å². The minimum atomic E-state index is 0.888. The van der Waals surface area contributed by atoms with Crippen molar-refractivity contribution in [3.05, 3.63) is 60.4 Å². The quantitative estimate of drug-likeness (QED) is 0.783. The van der Waals surface area contributed by atoms with Crippen LogP contribution in [0.2, 0.25) is 0 Å². The Kier molecular flexibility index (Phi) is 4.07. The minimum absolute atomic E-state index is 0.888. The summed E-state index contributed by atoms with van der Waals surface area (Å²) in [4.78, 5) is 4.87. The Morgan fingerprint density at radius 1 is 1.05 bits per heavy atom. The molecule has 0 aliphatic heterocycles. The third kappa shape index (κ3) is 2.81. The molecule has 1 aromatic heterocycles. The third-order valence-electron chi connectivity index (χ3n) is 3.83. The summed E-state index contributed by atoms with van der Waals surface area (Å²) in [6.45, 7) is 0.942. The molecule has 3 aromatic rings. The summed E-state index contributed by atoms with van der Waals surface area (Å²) < 4.78 is 5.42. The smallest absolute Gasteiger partial charge is 0.243 e. The molecule has 0 unspecified atom stereocenters. The molecule has 0 atom stereocenters. The zero-order valence-electron chi connectivity index (χ0n) is 13.3. The number of fused-ring (bicyclic) bond motifs is 1. The monoisotopic (exact) mass is 294 g/mol.